The fourth-order valence-electron chi connectivity index (χ4n) is 2.56. The zero-order valence-electron chi connectivity index (χ0n) is 14.8. The molecule has 0 atom stereocenters. The van der Waals surface area contributed by atoms with Gasteiger partial charge in [-0.25, -0.2) is 0 Å². The second-order valence-corrected chi connectivity index (χ2v) is 6.60. The molecule has 0 fully saturated rings. The van der Waals surface area contributed by atoms with Gasteiger partial charge in [-0.05, 0) is 53.8 Å². The van der Waals surface area contributed by atoms with Crippen LogP contribution in [0.2, 0.25) is 0 Å². The van der Waals surface area contributed by atoms with E-state index in [0.717, 1.165) is 21.7 Å². The number of ether oxygens (including phenoxy) is 1. The Morgan fingerprint density at radius 1 is 1.00 bits per heavy atom. The molecule has 0 spiro atoms. The van der Waals surface area contributed by atoms with Gasteiger partial charge in [0.2, 0.25) is 0 Å². The Morgan fingerprint density at radius 2 is 1.63 bits per heavy atom. The van der Waals surface area contributed by atoms with E-state index < -0.39 is 0 Å². The SMILES string of the molecule is CSc1ccccc1NC(=O)COc1ccc(-c2ccc(C#N)cc2)cc1. The van der Waals surface area contributed by atoms with Gasteiger partial charge in [0, 0.05) is 4.90 Å². The molecule has 5 heteroatoms. The number of nitriles is 1. The minimum atomic E-state index is -0.201. The molecule has 134 valence electrons. The predicted molar refractivity (Wildman–Crippen MR) is 109 cm³/mol. The summed E-state index contributed by atoms with van der Waals surface area (Å²) < 4.78 is 5.58. The van der Waals surface area contributed by atoms with Gasteiger partial charge >= 0.3 is 0 Å². The van der Waals surface area contributed by atoms with Crippen LogP contribution in [0.25, 0.3) is 11.1 Å². The van der Waals surface area contributed by atoms with E-state index >= 15 is 0 Å². The highest BCUT2D eigenvalue weighted by Gasteiger charge is 2.07. The highest BCUT2D eigenvalue weighted by Crippen LogP contribution is 2.25. The van der Waals surface area contributed by atoms with Crippen LogP contribution in [-0.4, -0.2) is 18.8 Å². The van der Waals surface area contributed by atoms with Gasteiger partial charge in [0.15, 0.2) is 6.61 Å². The van der Waals surface area contributed by atoms with Gasteiger partial charge in [0.25, 0.3) is 5.91 Å². The number of hydrogen-bond donors (Lipinski definition) is 1. The predicted octanol–water partition coefficient (Wildman–Crippen LogP) is 4.96. The molecule has 3 aromatic rings. The van der Waals surface area contributed by atoms with E-state index in [-0.39, 0.29) is 12.5 Å². The van der Waals surface area contributed by atoms with Crippen LogP contribution < -0.4 is 10.1 Å². The second-order valence-electron chi connectivity index (χ2n) is 5.75. The standard InChI is InChI=1S/C22H18N2O2S/c1-27-21-5-3-2-4-20(21)24-22(25)15-26-19-12-10-18(11-13-19)17-8-6-16(14-23)7-9-17/h2-13H,15H2,1H3,(H,24,25). The summed E-state index contributed by atoms with van der Waals surface area (Å²) in [6, 6.07) is 24.7. The average molecular weight is 374 g/mol. The van der Waals surface area contributed by atoms with E-state index in [0.29, 0.717) is 11.3 Å². The molecule has 3 rings (SSSR count). The number of hydrogen-bond acceptors (Lipinski definition) is 4. The summed E-state index contributed by atoms with van der Waals surface area (Å²) in [6.45, 7) is -0.0566. The van der Waals surface area contributed by atoms with Crippen molar-refractivity contribution in [1.29, 1.82) is 5.26 Å². The maximum atomic E-state index is 12.1. The third kappa shape index (κ3) is 4.90. The Balaban J connectivity index is 1.58. The number of thioether (sulfide) groups is 1. The molecule has 0 radical (unpaired) electrons. The Hall–Kier alpha value is -3.23. The molecule has 0 heterocycles. The number of carbonyl (C=O) groups is 1. The Bertz CT molecular complexity index is 961. The molecular weight excluding hydrogens is 356 g/mol. The lowest BCUT2D eigenvalue weighted by Crippen LogP contribution is -2.20. The molecule has 27 heavy (non-hydrogen) atoms. The molecule has 0 saturated heterocycles. The normalized spacial score (nSPS) is 10.1. The molecule has 1 N–H and O–H groups in total. The summed E-state index contributed by atoms with van der Waals surface area (Å²) in [6.07, 6.45) is 1.97. The Labute approximate surface area is 162 Å². The third-order valence-electron chi connectivity index (χ3n) is 3.95. The highest BCUT2D eigenvalue weighted by molar-refractivity contribution is 7.98. The summed E-state index contributed by atoms with van der Waals surface area (Å²) in [7, 11) is 0. The van der Waals surface area contributed by atoms with Crippen molar-refractivity contribution in [1.82, 2.24) is 0 Å². The number of carbonyl (C=O) groups excluding carboxylic acids is 1. The Morgan fingerprint density at radius 3 is 2.26 bits per heavy atom. The van der Waals surface area contributed by atoms with Gasteiger partial charge in [-0.2, -0.15) is 5.26 Å². The minimum Gasteiger partial charge on any atom is -0.484 e. The number of rotatable bonds is 6. The van der Waals surface area contributed by atoms with Crippen molar-refractivity contribution in [2.75, 3.05) is 18.2 Å². The number of nitrogens with zero attached hydrogens (tertiary/aromatic N) is 1. The quantitative estimate of drug-likeness (QED) is 0.619. The van der Waals surface area contributed by atoms with Crippen molar-refractivity contribution in [3.63, 3.8) is 0 Å². The molecule has 4 nitrogen and oxygen atoms in total. The minimum absolute atomic E-state index is 0.0566. The van der Waals surface area contributed by atoms with Gasteiger partial charge in [-0.3, -0.25) is 4.79 Å². The number of amides is 1. The van der Waals surface area contributed by atoms with Crippen LogP contribution in [0.15, 0.2) is 77.7 Å². The molecular formula is C22H18N2O2S. The molecule has 0 aliphatic heterocycles. The molecule has 0 aromatic heterocycles. The van der Waals surface area contributed by atoms with Crippen LogP contribution in [0.1, 0.15) is 5.56 Å². The maximum Gasteiger partial charge on any atom is 0.262 e. The first kappa shape index (κ1) is 18.6. The van der Waals surface area contributed by atoms with E-state index in [2.05, 4.69) is 11.4 Å². The first-order valence-electron chi connectivity index (χ1n) is 8.36. The van der Waals surface area contributed by atoms with Crippen LogP contribution in [0.3, 0.4) is 0 Å². The van der Waals surface area contributed by atoms with Crippen molar-refractivity contribution in [2.45, 2.75) is 4.90 Å². The fraction of sp³-hybridized carbons (Fsp3) is 0.0909. The first-order valence-corrected chi connectivity index (χ1v) is 9.58. The summed E-state index contributed by atoms with van der Waals surface area (Å²) in [4.78, 5) is 13.1. The summed E-state index contributed by atoms with van der Waals surface area (Å²) >= 11 is 1.58. The number of benzene rings is 3. The smallest absolute Gasteiger partial charge is 0.262 e. The van der Waals surface area contributed by atoms with E-state index in [1.54, 1.807) is 23.9 Å². The molecule has 1 amide bonds. The average Bonchev–Trinajstić information content (AvgIpc) is 2.73. The molecule has 0 bridgehead atoms. The van der Waals surface area contributed by atoms with Crippen LogP contribution in [0.5, 0.6) is 5.75 Å². The van der Waals surface area contributed by atoms with Gasteiger partial charge in [0.1, 0.15) is 5.75 Å². The van der Waals surface area contributed by atoms with E-state index in [1.807, 2.05) is 66.9 Å². The number of anilines is 1. The van der Waals surface area contributed by atoms with Crippen molar-refractivity contribution in [2.24, 2.45) is 0 Å². The number of nitrogens with one attached hydrogen (secondary N) is 1. The lowest BCUT2D eigenvalue weighted by Gasteiger charge is -2.10. The van der Waals surface area contributed by atoms with E-state index in [9.17, 15) is 4.79 Å². The highest BCUT2D eigenvalue weighted by atomic mass is 32.2. The monoisotopic (exact) mass is 374 g/mol. The fourth-order valence-corrected chi connectivity index (χ4v) is 3.12. The van der Waals surface area contributed by atoms with Crippen molar-refractivity contribution in [3.05, 3.63) is 78.4 Å². The van der Waals surface area contributed by atoms with Crippen molar-refractivity contribution >= 4 is 23.4 Å². The van der Waals surface area contributed by atoms with E-state index in [1.165, 1.54) is 0 Å². The lowest BCUT2D eigenvalue weighted by molar-refractivity contribution is -0.118. The van der Waals surface area contributed by atoms with Crippen LogP contribution in [0.4, 0.5) is 5.69 Å². The zero-order valence-corrected chi connectivity index (χ0v) is 15.6. The summed E-state index contributed by atoms with van der Waals surface area (Å²) in [5.41, 5.74) is 3.46. The van der Waals surface area contributed by atoms with Crippen LogP contribution in [-0.2, 0) is 4.79 Å². The van der Waals surface area contributed by atoms with E-state index in [4.69, 9.17) is 10.00 Å². The topological polar surface area (TPSA) is 62.1 Å². The molecule has 0 unspecified atom stereocenters. The van der Waals surface area contributed by atoms with Crippen molar-refractivity contribution in [3.8, 4) is 22.9 Å². The zero-order chi connectivity index (χ0) is 19.1. The van der Waals surface area contributed by atoms with Gasteiger partial charge in [-0.15, -0.1) is 11.8 Å². The first-order chi connectivity index (χ1) is 13.2. The summed E-state index contributed by atoms with van der Waals surface area (Å²) in [5.74, 6) is 0.424. The van der Waals surface area contributed by atoms with Crippen LogP contribution >= 0.6 is 11.8 Å². The summed E-state index contributed by atoms with van der Waals surface area (Å²) in [5, 5.41) is 11.7. The van der Waals surface area contributed by atoms with Gasteiger partial charge in [0.05, 0.1) is 17.3 Å². The molecule has 0 saturated carbocycles. The third-order valence-corrected chi connectivity index (χ3v) is 4.75. The van der Waals surface area contributed by atoms with Crippen LogP contribution in [0, 0.1) is 11.3 Å². The molecule has 0 aliphatic carbocycles. The number of para-hydroxylation sites is 1. The molecule has 3 aromatic carbocycles. The second kappa shape index (κ2) is 8.93. The maximum absolute atomic E-state index is 12.1. The lowest BCUT2D eigenvalue weighted by atomic mass is 10.0. The largest absolute Gasteiger partial charge is 0.484 e. The Kier molecular flexibility index (Phi) is 6.14. The molecule has 0 aliphatic rings. The van der Waals surface area contributed by atoms with Gasteiger partial charge in [-0.1, -0.05) is 36.4 Å². The van der Waals surface area contributed by atoms with Crippen molar-refractivity contribution < 1.29 is 9.53 Å². The van der Waals surface area contributed by atoms with Gasteiger partial charge < -0.3 is 10.1 Å².